The molecule has 2 heterocycles. The SMILES string of the molecule is Cc1sc2nc([C@@H](C)OC(=O)c3ccc(Cl)c(N)c3)[nH]c(=O)c2c1C. The van der Waals surface area contributed by atoms with Gasteiger partial charge in [-0.1, -0.05) is 11.6 Å². The highest BCUT2D eigenvalue weighted by Crippen LogP contribution is 2.27. The summed E-state index contributed by atoms with van der Waals surface area (Å²) in [4.78, 5) is 33.4. The van der Waals surface area contributed by atoms with Gasteiger partial charge in [-0.3, -0.25) is 4.79 Å². The van der Waals surface area contributed by atoms with Crippen molar-refractivity contribution in [1.82, 2.24) is 9.97 Å². The topological polar surface area (TPSA) is 98.1 Å². The van der Waals surface area contributed by atoms with Gasteiger partial charge in [-0.2, -0.15) is 0 Å². The van der Waals surface area contributed by atoms with Gasteiger partial charge in [0, 0.05) is 4.88 Å². The Morgan fingerprint density at radius 2 is 2.12 bits per heavy atom. The fourth-order valence-corrected chi connectivity index (χ4v) is 3.57. The van der Waals surface area contributed by atoms with Crippen LogP contribution in [0.2, 0.25) is 5.02 Å². The van der Waals surface area contributed by atoms with Gasteiger partial charge in [0.25, 0.3) is 5.56 Å². The van der Waals surface area contributed by atoms with Gasteiger partial charge in [-0.05, 0) is 44.5 Å². The minimum atomic E-state index is -0.718. The molecule has 3 rings (SSSR count). The first-order valence-electron chi connectivity index (χ1n) is 7.54. The maximum absolute atomic E-state index is 12.3. The predicted molar refractivity (Wildman–Crippen MR) is 99.4 cm³/mol. The number of hydrogen-bond acceptors (Lipinski definition) is 6. The average Bonchev–Trinajstić information content (AvgIpc) is 2.84. The minimum absolute atomic E-state index is 0.236. The second kappa shape index (κ2) is 6.50. The number of halogens is 1. The Kier molecular flexibility index (Phi) is 4.53. The molecule has 0 radical (unpaired) electrons. The van der Waals surface area contributed by atoms with Crippen molar-refractivity contribution < 1.29 is 9.53 Å². The number of nitrogens with two attached hydrogens (primary N) is 1. The number of nitrogens with one attached hydrogen (secondary N) is 1. The van der Waals surface area contributed by atoms with Crippen LogP contribution >= 0.6 is 22.9 Å². The first-order valence-corrected chi connectivity index (χ1v) is 8.73. The van der Waals surface area contributed by atoms with E-state index in [1.807, 2.05) is 13.8 Å². The number of nitrogen functional groups attached to an aromatic ring is 1. The molecule has 2 aromatic heterocycles. The lowest BCUT2D eigenvalue weighted by Gasteiger charge is -2.13. The number of carbonyl (C=O) groups excluding carboxylic acids is 1. The lowest BCUT2D eigenvalue weighted by Crippen LogP contribution is -2.17. The highest BCUT2D eigenvalue weighted by Gasteiger charge is 2.19. The van der Waals surface area contributed by atoms with Gasteiger partial charge in [0.1, 0.15) is 4.83 Å². The number of anilines is 1. The second-order valence-corrected chi connectivity index (χ2v) is 7.31. The molecule has 0 aliphatic carbocycles. The predicted octanol–water partition coefficient (Wildman–Crippen LogP) is 3.76. The third kappa shape index (κ3) is 3.25. The van der Waals surface area contributed by atoms with Crippen LogP contribution in [0.3, 0.4) is 0 Å². The molecule has 1 aromatic carbocycles. The van der Waals surface area contributed by atoms with Crippen LogP contribution in [0.1, 0.15) is 39.7 Å². The summed E-state index contributed by atoms with van der Waals surface area (Å²) in [6.45, 7) is 5.48. The summed E-state index contributed by atoms with van der Waals surface area (Å²) in [7, 11) is 0. The van der Waals surface area contributed by atoms with Crippen molar-refractivity contribution in [3.8, 4) is 0 Å². The number of rotatable bonds is 3. The lowest BCUT2D eigenvalue weighted by atomic mass is 10.2. The van der Waals surface area contributed by atoms with Crippen LogP contribution in [-0.4, -0.2) is 15.9 Å². The number of H-pyrrole nitrogens is 1. The van der Waals surface area contributed by atoms with E-state index in [9.17, 15) is 9.59 Å². The minimum Gasteiger partial charge on any atom is -0.451 e. The van der Waals surface area contributed by atoms with Crippen molar-refractivity contribution in [3.05, 3.63) is 55.4 Å². The van der Waals surface area contributed by atoms with Crippen molar-refractivity contribution in [3.63, 3.8) is 0 Å². The molecule has 0 saturated heterocycles. The molecule has 6 nitrogen and oxygen atoms in total. The van der Waals surface area contributed by atoms with Crippen molar-refractivity contribution in [2.45, 2.75) is 26.9 Å². The zero-order valence-electron chi connectivity index (χ0n) is 13.8. The zero-order chi connectivity index (χ0) is 18.3. The molecule has 3 N–H and O–H groups in total. The molecule has 0 aliphatic heterocycles. The molecule has 1 atom stereocenters. The first-order chi connectivity index (χ1) is 11.8. The van der Waals surface area contributed by atoms with E-state index in [1.54, 1.807) is 6.92 Å². The molecule has 0 bridgehead atoms. The Bertz CT molecular complexity index is 1040. The lowest BCUT2D eigenvalue weighted by molar-refractivity contribution is 0.0320. The maximum Gasteiger partial charge on any atom is 0.338 e. The van der Waals surface area contributed by atoms with Gasteiger partial charge in [0.15, 0.2) is 11.9 Å². The smallest absolute Gasteiger partial charge is 0.338 e. The highest BCUT2D eigenvalue weighted by atomic mass is 35.5. The number of esters is 1. The summed E-state index contributed by atoms with van der Waals surface area (Å²) < 4.78 is 5.39. The van der Waals surface area contributed by atoms with Gasteiger partial charge >= 0.3 is 5.97 Å². The van der Waals surface area contributed by atoms with Gasteiger partial charge in [-0.25, -0.2) is 9.78 Å². The van der Waals surface area contributed by atoms with Crippen molar-refractivity contribution in [2.24, 2.45) is 0 Å². The summed E-state index contributed by atoms with van der Waals surface area (Å²) in [6.07, 6.45) is -0.718. The van der Waals surface area contributed by atoms with Crippen LogP contribution < -0.4 is 11.3 Å². The number of ether oxygens (including phenoxy) is 1. The van der Waals surface area contributed by atoms with Crippen molar-refractivity contribution in [2.75, 3.05) is 5.73 Å². The normalized spacial score (nSPS) is 12.3. The highest BCUT2D eigenvalue weighted by molar-refractivity contribution is 7.18. The monoisotopic (exact) mass is 377 g/mol. The number of hydrogen-bond donors (Lipinski definition) is 2. The standard InChI is InChI=1S/C17H16ClN3O3S/c1-7-9(3)25-16-13(7)15(22)20-14(21-16)8(2)24-17(23)10-4-5-11(18)12(19)6-10/h4-6,8H,19H2,1-3H3,(H,20,21,22)/t8-/m1/s1. The third-order valence-corrected chi connectivity index (χ3v) is 5.40. The molecule has 3 aromatic rings. The molecular weight excluding hydrogens is 362 g/mol. The van der Waals surface area contributed by atoms with E-state index in [0.29, 0.717) is 26.8 Å². The second-order valence-electron chi connectivity index (χ2n) is 5.70. The molecule has 0 saturated carbocycles. The molecule has 130 valence electrons. The molecule has 0 fully saturated rings. The Balaban J connectivity index is 1.89. The van der Waals surface area contributed by atoms with Gasteiger partial charge in [-0.15, -0.1) is 11.3 Å². The molecule has 0 amide bonds. The van der Waals surface area contributed by atoms with Crippen molar-refractivity contribution >= 4 is 44.8 Å². The summed E-state index contributed by atoms with van der Waals surface area (Å²) in [5.41, 5.74) is 6.95. The van der Waals surface area contributed by atoms with Crippen molar-refractivity contribution in [1.29, 1.82) is 0 Å². The number of aromatic amines is 1. The van der Waals surface area contributed by atoms with E-state index in [-0.39, 0.29) is 11.1 Å². The molecule has 0 aliphatic rings. The molecule has 25 heavy (non-hydrogen) atoms. The van der Waals surface area contributed by atoms with E-state index in [2.05, 4.69) is 9.97 Å². The van der Waals surface area contributed by atoms with E-state index in [0.717, 1.165) is 10.4 Å². The Morgan fingerprint density at radius 1 is 1.40 bits per heavy atom. The van der Waals surface area contributed by atoms with Crippen LogP contribution in [0.15, 0.2) is 23.0 Å². The fraction of sp³-hybridized carbons (Fsp3) is 0.235. The Hall–Kier alpha value is -2.38. The van der Waals surface area contributed by atoms with Gasteiger partial charge < -0.3 is 15.5 Å². The number of aryl methyl sites for hydroxylation is 2. The number of fused-ring (bicyclic) bond motifs is 1. The molecule has 0 spiro atoms. The molecule has 8 heteroatoms. The van der Waals surface area contributed by atoms with Crippen LogP contribution in [0.25, 0.3) is 10.2 Å². The number of benzene rings is 1. The van der Waals surface area contributed by atoms with Crippen LogP contribution in [0, 0.1) is 13.8 Å². The average molecular weight is 378 g/mol. The number of carbonyl (C=O) groups is 1. The zero-order valence-corrected chi connectivity index (χ0v) is 15.4. The molecule has 0 unspecified atom stereocenters. The fourth-order valence-electron chi connectivity index (χ4n) is 2.42. The number of thiophene rings is 1. The largest absolute Gasteiger partial charge is 0.451 e. The Morgan fingerprint density at radius 3 is 2.80 bits per heavy atom. The van der Waals surface area contributed by atoms with Crippen LogP contribution in [-0.2, 0) is 4.74 Å². The van der Waals surface area contributed by atoms with E-state index in [1.165, 1.54) is 29.5 Å². The first kappa shape index (κ1) is 17.4. The summed E-state index contributed by atoms with van der Waals surface area (Å²) in [5, 5.41) is 0.944. The Labute approximate surface area is 152 Å². The van der Waals surface area contributed by atoms with Crippen LogP contribution in [0.5, 0.6) is 0 Å². The van der Waals surface area contributed by atoms with E-state index in [4.69, 9.17) is 22.1 Å². The summed E-state index contributed by atoms with van der Waals surface area (Å²) >= 11 is 7.29. The number of aromatic nitrogens is 2. The van der Waals surface area contributed by atoms with Crippen LogP contribution in [0.4, 0.5) is 5.69 Å². The number of nitrogens with zero attached hydrogens (tertiary/aromatic N) is 1. The summed E-state index contributed by atoms with van der Waals surface area (Å²) in [5.74, 6) is -0.272. The summed E-state index contributed by atoms with van der Waals surface area (Å²) in [6, 6.07) is 4.50. The maximum atomic E-state index is 12.3. The third-order valence-electron chi connectivity index (χ3n) is 3.96. The van der Waals surface area contributed by atoms with E-state index < -0.39 is 12.1 Å². The van der Waals surface area contributed by atoms with E-state index >= 15 is 0 Å². The quantitative estimate of drug-likeness (QED) is 0.535. The molecular formula is C17H16ClN3O3S. The van der Waals surface area contributed by atoms with Gasteiger partial charge in [0.2, 0.25) is 0 Å². The van der Waals surface area contributed by atoms with Gasteiger partial charge in [0.05, 0.1) is 21.7 Å².